The van der Waals surface area contributed by atoms with Crippen LogP contribution in [0.15, 0.2) is 47.2 Å². The van der Waals surface area contributed by atoms with Gasteiger partial charge in [-0.15, -0.1) is 10.2 Å². The number of amides is 1. The number of aromatic amines is 1. The largest absolute Gasteiger partial charge is 0.486 e. The number of hydrogen-bond acceptors (Lipinski definition) is 7. The fourth-order valence-electron chi connectivity index (χ4n) is 4.06. The van der Waals surface area contributed by atoms with Gasteiger partial charge in [-0.2, -0.15) is 10.3 Å². The number of carbonyl (C=O) groups is 1. The smallest absolute Gasteiger partial charge is 0.246 e. The molecule has 1 aliphatic heterocycles. The van der Waals surface area contributed by atoms with Crippen molar-refractivity contribution in [3.63, 3.8) is 0 Å². The summed E-state index contributed by atoms with van der Waals surface area (Å²) in [6.45, 7) is 7.62. The number of carbonyl (C=O) groups excluding carboxylic acids is 1. The molecule has 0 unspecified atom stereocenters. The fourth-order valence-corrected chi connectivity index (χ4v) is 4.06. The molecule has 0 bridgehead atoms. The number of nitrogens with one attached hydrogen (secondary N) is 1. The second-order valence-corrected chi connectivity index (χ2v) is 8.83. The number of hydrogen-bond donors (Lipinski definition) is 1. The van der Waals surface area contributed by atoms with Crippen molar-refractivity contribution in [3.05, 3.63) is 70.9 Å². The molecule has 0 atom stereocenters. The average molecular weight is 474 g/mol. The van der Waals surface area contributed by atoms with E-state index in [2.05, 4.69) is 39.6 Å². The Balaban J connectivity index is 1.39. The van der Waals surface area contributed by atoms with Crippen LogP contribution < -0.4 is 4.74 Å². The number of H-pyrrole nitrogens is 1. The summed E-state index contributed by atoms with van der Waals surface area (Å²) in [5, 5.41) is 19.2. The molecule has 0 aliphatic carbocycles. The Morgan fingerprint density at radius 2 is 2.20 bits per heavy atom. The summed E-state index contributed by atoms with van der Waals surface area (Å²) in [5.74, 6) is 1.68. The molecule has 0 radical (unpaired) electrons. The van der Waals surface area contributed by atoms with Crippen LogP contribution >= 0.6 is 0 Å². The van der Waals surface area contributed by atoms with Gasteiger partial charge in [-0.05, 0) is 79.4 Å². The minimum atomic E-state index is -0.0633. The first-order chi connectivity index (χ1) is 17.0. The normalized spacial score (nSPS) is 13.5. The molecule has 0 spiro atoms. The van der Waals surface area contributed by atoms with E-state index in [1.54, 1.807) is 24.5 Å². The van der Waals surface area contributed by atoms with Crippen molar-refractivity contribution in [3.8, 4) is 17.1 Å². The van der Waals surface area contributed by atoms with Gasteiger partial charge < -0.3 is 14.1 Å². The second-order valence-electron chi connectivity index (χ2n) is 8.83. The number of aryl methyl sites for hydroxylation is 1. The molecule has 10 nitrogen and oxygen atoms in total. The number of furan rings is 1. The number of fused-ring (bicyclic) bond motifs is 1. The van der Waals surface area contributed by atoms with Gasteiger partial charge in [-0.3, -0.25) is 9.48 Å². The Morgan fingerprint density at radius 3 is 2.91 bits per heavy atom. The van der Waals surface area contributed by atoms with Crippen LogP contribution in [0.4, 0.5) is 0 Å². The second kappa shape index (κ2) is 9.57. The lowest BCUT2D eigenvalue weighted by atomic mass is 9.96. The van der Waals surface area contributed by atoms with E-state index in [0.717, 1.165) is 34.4 Å². The Labute approximate surface area is 202 Å². The standard InChI is InChI=1S/C25H27N7O3/c1-16(2)32-13-17(3)22(28-32)15-35-23-12-19-14-31(24(33)7-6-20-5-4-10-34-20)9-8-18(19)11-21(23)25-26-29-30-27-25/h4-7,10-13,16H,8-9,14-15H2,1-3H3,(H,26,27,29,30)/b7-6+. The van der Waals surface area contributed by atoms with E-state index >= 15 is 0 Å². The SMILES string of the molecule is Cc1cn(C(C)C)nc1COc1cc2c(cc1-c1nn[nH]n1)CCN(C(=O)/C=C/c1ccco1)C2. The molecule has 0 saturated heterocycles. The first-order valence-electron chi connectivity index (χ1n) is 11.6. The van der Waals surface area contributed by atoms with Crippen LogP contribution in [0.3, 0.4) is 0 Å². The lowest BCUT2D eigenvalue weighted by molar-refractivity contribution is -0.126. The highest BCUT2D eigenvalue weighted by Gasteiger charge is 2.23. The van der Waals surface area contributed by atoms with E-state index in [4.69, 9.17) is 9.15 Å². The molecule has 180 valence electrons. The topological polar surface area (TPSA) is 115 Å². The van der Waals surface area contributed by atoms with E-state index in [1.807, 2.05) is 40.9 Å². The van der Waals surface area contributed by atoms with Gasteiger partial charge in [0.1, 0.15) is 23.8 Å². The zero-order valence-electron chi connectivity index (χ0n) is 19.9. The third kappa shape index (κ3) is 4.86. The number of nitrogens with zero attached hydrogens (tertiary/aromatic N) is 6. The minimum absolute atomic E-state index is 0.0633. The molecule has 10 heteroatoms. The Bertz CT molecular complexity index is 1340. The van der Waals surface area contributed by atoms with Gasteiger partial charge in [0.2, 0.25) is 11.7 Å². The van der Waals surface area contributed by atoms with Crippen molar-refractivity contribution < 1.29 is 13.9 Å². The van der Waals surface area contributed by atoms with Crippen molar-refractivity contribution in [2.24, 2.45) is 0 Å². The van der Waals surface area contributed by atoms with Crippen molar-refractivity contribution in [1.82, 2.24) is 35.3 Å². The zero-order valence-corrected chi connectivity index (χ0v) is 19.9. The molecular formula is C25H27N7O3. The van der Waals surface area contributed by atoms with Crippen molar-refractivity contribution in [2.75, 3.05) is 6.54 Å². The lowest BCUT2D eigenvalue weighted by Crippen LogP contribution is -2.34. The van der Waals surface area contributed by atoms with Crippen LogP contribution in [0, 0.1) is 6.92 Å². The molecule has 1 aliphatic rings. The van der Waals surface area contributed by atoms with Crippen LogP contribution in [0.25, 0.3) is 17.5 Å². The third-order valence-electron chi connectivity index (χ3n) is 6.06. The number of benzene rings is 1. The summed E-state index contributed by atoms with van der Waals surface area (Å²) < 4.78 is 13.5. The van der Waals surface area contributed by atoms with Crippen LogP contribution in [-0.2, 0) is 24.4 Å². The molecule has 0 saturated carbocycles. The predicted octanol–water partition coefficient (Wildman–Crippen LogP) is 3.72. The molecule has 4 aromatic rings. The van der Waals surface area contributed by atoms with E-state index in [-0.39, 0.29) is 11.9 Å². The Kier molecular flexibility index (Phi) is 6.17. The summed E-state index contributed by atoms with van der Waals surface area (Å²) in [5.41, 5.74) is 4.86. The van der Waals surface area contributed by atoms with Gasteiger partial charge in [-0.1, -0.05) is 0 Å². The van der Waals surface area contributed by atoms with Gasteiger partial charge in [0.05, 0.1) is 11.8 Å². The zero-order chi connectivity index (χ0) is 24.4. The maximum Gasteiger partial charge on any atom is 0.246 e. The van der Waals surface area contributed by atoms with Crippen LogP contribution in [0.5, 0.6) is 5.75 Å². The highest BCUT2D eigenvalue weighted by Crippen LogP contribution is 2.34. The van der Waals surface area contributed by atoms with Crippen molar-refractivity contribution >= 4 is 12.0 Å². The van der Waals surface area contributed by atoms with Crippen LogP contribution in [-0.4, -0.2) is 47.8 Å². The highest BCUT2D eigenvalue weighted by atomic mass is 16.5. The molecule has 1 aromatic carbocycles. The van der Waals surface area contributed by atoms with Gasteiger partial charge in [-0.25, -0.2) is 0 Å². The summed E-state index contributed by atoms with van der Waals surface area (Å²) in [6, 6.07) is 7.89. The first kappa shape index (κ1) is 22.6. The maximum atomic E-state index is 12.8. The molecule has 35 heavy (non-hydrogen) atoms. The third-order valence-corrected chi connectivity index (χ3v) is 6.06. The summed E-state index contributed by atoms with van der Waals surface area (Å²) >= 11 is 0. The first-order valence-corrected chi connectivity index (χ1v) is 11.6. The van der Waals surface area contributed by atoms with Gasteiger partial charge >= 0.3 is 0 Å². The molecule has 0 fully saturated rings. The number of tetrazole rings is 1. The quantitative estimate of drug-likeness (QED) is 0.407. The Hall–Kier alpha value is -4.21. The van der Waals surface area contributed by atoms with Crippen LogP contribution in [0.2, 0.25) is 0 Å². The fraction of sp³-hybridized carbons (Fsp3) is 0.320. The van der Waals surface area contributed by atoms with Crippen molar-refractivity contribution in [2.45, 2.75) is 46.4 Å². The average Bonchev–Trinajstić information content (AvgIpc) is 3.63. The predicted molar refractivity (Wildman–Crippen MR) is 128 cm³/mol. The molecule has 5 rings (SSSR count). The maximum absolute atomic E-state index is 12.8. The van der Waals surface area contributed by atoms with E-state index in [0.29, 0.717) is 37.0 Å². The van der Waals surface area contributed by atoms with Gasteiger partial charge in [0, 0.05) is 31.4 Å². The summed E-state index contributed by atoms with van der Waals surface area (Å²) in [4.78, 5) is 14.6. The molecule has 1 amide bonds. The molecule has 4 heterocycles. The number of rotatable bonds is 7. The van der Waals surface area contributed by atoms with Crippen LogP contribution in [0.1, 0.15) is 48.0 Å². The van der Waals surface area contributed by atoms with E-state index in [9.17, 15) is 4.79 Å². The monoisotopic (exact) mass is 473 g/mol. The number of aromatic nitrogens is 6. The van der Waals surface area contributed by atoms with E-state index < -0.39 is 0 Å². The molecular weight excluding hydrogens is 446 g/mol. The number of ether oxygens (including phenoxy) is 1. The minimum Gasteiger partial charge on any atom is -0.486 e. The summed E-state index contributed by atoms with van der Waals surface area (Å²) in [7, 11) is 0. The highest BCUT2D eigenvalue weighted by molar-refractivity contribution is 5.91. The molecule has 1 N–H and O–H groups in total. The summed E-state index contributed by atoms with van der Waals surface area (Å²) in [6.07, 6.45) is 7.56. The van der Waals surface area contributed by atoms with Crippen molar-refractivity contribution in [1.29, 1.82) is 0 Å². The lowest BCUT2D eigenvalue weighted by Gasteiger charge is -2.29. The molecule has 3 aromatic heterocycles. The van der Waals surface area contributed by atoms with Gasteiger partial charge in [0.25, 0.3) is 0 Å². The van der Waals surface area contributed by atoms with E-state index in [1.165, 1.54) is 0 Å². The van der Waals surface area contributed by atoms with Gasteiger partial charge in [0.15, 0.2) is 0 Å². The Morgan fingerprint density at radius 1 is 1.31 bits per heavy atom.